The summed E-state index contributed by atoms with van der Waals surface area (Å²) >= 11 is 6.08. The Labute approximate surface area is 189 Å². The molecule has 2 N–H and O–H groups in total. The highest BCUT2D eigenvalue weighted by Crippen LogP contribution is 2.49. The Kier molecular flexibility index (Phi) is 6.05. The maximum Gasteiger partial charge on any atom is 0.261 e. The van der Waals surface area contributed by atoms with Crippen LogP contribution in [0.2, 0.25) is 5.02 Å². The average Bonchev–Trinajstić information content (AvgIpc) is 3.54. The summed E-state index contributed by atoms with van der Waals surface area (Å²) < 4.78 is 27.9. The van der Waals surface area contributed by atoms with Gasteiger partial charge in [-0.25, -0.2) is 8.42 Å². The van der Waals surface area contributed by atoms with Crippen LogP contribution in [0.3, 0.4) is 0 Å². The fourth-order valence-corrected chi connectivity index (χ4v) is 5.64. The van der Waals surface area contributed by atoms with Crippen LogP contribution in [0.5, 0.6) is 0 Å². The molecule has 5 nitrogen and oxygen atoms in total. The maximum atomic E-state index is 13.0. The number of sulfonamides is 1. The first-order chi connectivity index (χ1) is 14.7. The monoisotopic (exact) mass is 460 g/mol. The third-order valence-electron chi connectivity index (χ3n) is 6.68. The topological polar surface area (TPSA) is 75.3 Å². The van der Waals surface area contributed by atoms with Crippen LogP contribution in [-0.4, -0.2) is 20.4 Å². The summed E-state index contributed by atoms with van der Waals surface area (Å²) in [4.78, 5) is 13.1. The molecule has 1 amide bonds. The van der Waals surface area contributed by atoms with E-state index in [2.05, 4.69) is 17.0 Å². The lowest BCUT2D eigenvalue weighted by Gasteiger charge is -2.28. The van der Waals surface area contributed by atoms with E-state index in [4.69, 9.17) is 11.6 Å². The van der Waals surface area contributed by atoms with Crippen LogP contribution in [0.1, 0.15) is 56.6 Å². The Balaban J connectivity index is 1.44. The standard InChI is InChI=1S/C24H29ClN2O3S/c1-16-3-8-19(9-4-16)26-23(28)24(13-14-24)18-6-10-20(11-7-18)27-31(29,30)21-12-5-17(2)22(25)15-21/h5-7,10-12,15-16,19,27H,3-4,8-9,13-14H2,1-2H3,(H,26,28). The second-order valence-electron chi connectivity index (χ2n) is 9.11. The van der Waals surface area contributed by atoms with Crippen molar-refractivity contribution in [2.45, 2.75) is 68.7 Å². The minimum atomic E-state index is -3.74. The van der Waals surface area contributed by atoms with Crippen molar-refractivity contribution in [1.29, 1.82) is 0 Å². The summed E-state index contributed by atoms with van der Waals surface area (Å²) in [6.07, 6.45) is 6.08. The van der Waals surface area contributed by atoms with E-state index in [0.29, 0.717) is 10.7 Å². The molecule has 166 valence electrons. The number of nitrogens with one attached hydrogen (secondary N) is 2. The fourth-order valence-electron chi connectivity index (χ4n) is 4.31. The number of rotatable bonds is 6. The molecule has 2 fully saturated rings. The second-order valence-corrected chi connectivity index (χ2v) is 11.2. The van der Waals surface area contributed by atoms with Crippen LogP contribution in [-0.2, 0) is 20.2 Å². The molecule has 0 bridgehead atoms. The van der Waals surface area contributed by atoms with Gasteiger partial charge in [0.2, 0.25) is 5.91 Å². The summed E-state index contributed by atoms with van der Waals surface area (Å²) in [5.74, 6) is 0.852. The molecular formula is C24H29ClN2O3S. The van der Waals surface area contributed by atoms with Crippen molar-refractivity contribution in [2.24, 2.45) is 5.92 Å². The third kappa shape index (κ3) is 4.75. The number of hydrogen-bond acceptors (Lipinski definition) is 3. The summed E-state index contributed by atoms with van der Waals surface area (Å²) in [6, 6.07) is 12.1. The molecule has 2 aromatic rings. The van der Waals surface area contributed by atoms with Crippen LogP contribution in [0.15, 0.2) is 47.4 Å². The maximum absolute atomic E-state index is 13.0. The number of amides is 1. The van der Waals surface area contributed by atoms with Gasteiger partial charge >= 0.3 is 0 Å². The summed E-state index contributed by atoms with van der Waals surface area (Å²) in [5.41, 5.74) is 1.75. The molecule has 2 saturated carbocycles. The molecule has 2 aliphatic rings. The molecule has 0 heterocycles. The largest absolute Gasteiger partial charge is 0.353 e. The SMILES string of the molecule is Cc1ccc(S(=O)(=O)Nc2ccc(C3(C(=O)NC4CCC(C)CC4)CC3)cc2)cc1Cl. The van der Waals surface area contributed by atoms with Crippen molar-refractivity contribution < 1.29 is 13.2 Å². The molecule has 0 saturated heterocycles. The van der Waals surface area contributed by atoms with E-state index in [1.54, 1.807) is 18.2 Å². The molecule has 2 aromatic carbocycles. The van der Waals surface area contributed by atoms with Crippen LogP contribution in [0, 0.1) is 12.8 Å². The Morgan fingerprint density at radius 3 is 2.26 bits per heavy atom. The van der Waals surface area contributed by atoms with Crippen molar-refractivity contribution in [2.75, 3.05) is 4.72 Å². The number of benzene rings is 2. The zero-order valence-corrected chi connectivity index (χ0v) is 19.5. The first-order valence-electron chi connectivity index (χ1n) is 10.9. The minimum absolute atomic E-state index is 0.106. The molecule has 7 heteroatoms. The van der Waals surface area contributed by atoms with Gasteiger partial charge in [0.05, 0.1) is 10.3 Å². The smallest absolute Gasteiger partial charge is 0.261 e. The zero-order chi connectivity index (χ0) is 22.2. The Bertz CT molecular complexity index is 1070. The lowest BCUT2D eigenvalue weighted by Crippen LogP contribution is -2.43. The van der Waals surface area contributed by atoms with Crippen LogP contribution >= 0.6 is 11.6 Å². The van der Waals surface area contributed by atoms with Gasteiger partial charge < -0.3 is 5.32 Å². The first kappa shape index (κ1) is 22.2. The van der Waals surface area contributed by atoms with Crippen molar-refractivity contribution in [3.8, 4) is 0 Å². The molecule has 4 rings (SSSR count). The lowest BCUT2D eigenvalue weighted by atomic mass is 9.86. The van der Waals surface area contributed by atoms with E-state index in [-0.39, 0.29) is 16.8 Å². The highest BCUT2D eigenvalue weighted by atomic mass is 35.5. The molecule has 0 aliphatic heterocycles. The molecule has 2 aliphatic carbocycles. The Hall–Kier alpha value is -2.05. The van der Waals surface area contributed by atoms with Crippen LogP contribution in [0.25, 0.3) is 0 Å². The van der Waals surface area contributed by atoms with Crippen molar-refractivity contribution in [3.63, 3.8) is 0 Å². The van der Waals surface area contributed by atoms with Crippen LogP contribution < -0.4 is 10.0 Å². The van der Waals surface area contributed by atoms with Crippen molar-refractivity contribution in [3.05, 3.63) is 58.6 Å². The summed E-state index contributed by atoms with van der Waals surface area (Å²) in [6.45, 7) is 4.09. The second kappa shape index (κ2) is 8.47. The predicted octanol–water partition coefficient (Wildman–Crippen LogP) is 5.18. The highest BCUT2D eigenvalue weighted by Gasteiger charge is 2.51. The fraction of sp³-hybridized carbons (Fsp3) is 0.458. The molecule has 0 aromatic heterocycles. The number of hydrogen-bond donors (Lipinski definition) is 2. The quantitative estimate of drug-likeness (QED) is 0.623. The van der Waals surface area contributed by atoms with E-state index in [0.717, 1.165) is 42.7 Å². The van der Waals surface area contributed by atoms with Gasteiger partial charge in [-0.05, 0) is 86.8 Å². The van der Waals surface area contributed by atoms with Gasteiger partial charge in [0.25, 0.3) is 10.0 Å². The number of aryl methyl sites for hydroxylation is 1. The van der Waals surface area contributed by atoms with Crippen molar-refractivity contribution in [1.82, 2.24) is 5.32 Å². The normalized spacial score (nSPS) is 22.5. The molecule has 31 heavy (non-hydrogen) atoms. The number of halogens is 1. The van der Waals surface area contributed by atoms with E-state index < -0.39 is 15.4 Å². The highest BCUT2D eigenvalue weighted by molar-refractivity contribution is 7.92. The van der Waals surface area contributed by atoms with E-state index in [1.807, 2.05) is 19.1 Å². The third-order valence-corrected chi connectivity index (χ3v) is 8.47. The van der Waals surface area contributed by atoms with Gasteiger partial charge in [0, 0.05) is 16.8 Å². The van der Waals surface area contributed by atoms with Gasteiger partial charge in [-0.2, -0.15) is 0 Å². The Morgan fingerprint density at radius 2 is 1.68 bits per heavy atom. The first-order valence-corrected chi connectivity index (χ1v) is 12.8. The molecule has 0 radical (unpaired) electrons. The molecule has 0 spiro atoms. The molecule has 0 atom stereocenters. The summed E-state index contributed by atoms with van der Waals surface area (Å²) in [7, 11) is -3.74. The average molecular weight is 461 g/mol. The Morgan fingerprint density at radius 1 is 1.03 bits per heavy atom. The van der Waals surface area contributed by atoms with Crippen molar-refractivity contribution >= 4 is 33.2 Å². The number of anilines is 1. The lowest BCUT2D eigenvalue weighted by molar-refractivity contribution is -0.124. The van der Waals surface area contributed by atoms with Gasteiger partial charge in [0.1, 0.15) is 0 Å². The summed E-state index contributed by atoms with van der Waals surface area (Å²) in [5, 5.41) is 3.67. The van der Waals surface area contributed by atoms with Gasteiger partial charge in [-0.15, -0.1) is 0 Å². The predicted molar refractivity (Wildman–Crippen MR) is 124 cm³/mol. The van der Waals surface area contributed by atoms with Gasteiger partial charge in [-0.3, -0.25) is 9.52 Å². The van der Waals surface area contributed by atoms with Crippen LogP contribution in [0.4, 0.5) is 5.69 Å². The number of carbonyl (C=O) groups excluding carboxylic acids is 1. The molecular weight excluding hydrogens is 432 g/mol. The van der Waals surface area contributed by atoms with E-state index in [9.17, 15) is 13.2 Å². The number of carbonyl (C=O) groups is 1. The zero-order valence-electron chi connectivity index (χ0n) is 17.9. The van der Waals surface area contributed by atoms with E-state index in [1.165, 1.54) is 25.0 Å². The molecule has 0 unspecified atom stereocenters. The van der Waals surface area contributed by atoms with Gasteiger partial charge in [0.15, 0.2) is 0 Å². The minimum Gasteiger partial charge on any atom is -0.353 e. The van der Waals surface area contributed by atoms with Gasteiger partial charge in [-0.1, -0.05) is 36.7 Å². The van der Waals surface area contributed by atoms with E-state index >= 15 is 0 Å².